The summed E-state index contributed by atoms with van der Waals surface area (Å²) in [5, 5.41) is 30.2. The van der Waals surface area contributed by atoms with Crippen molar-refractivity contribution in [3.63, 3.8) is 0 Å². The van der Waals surface area contributed by atoms with E-state index in [1.807, 2.05) is 12.4 Å². The summed E-state index contributed by atoms with van der Waals surface area (Å²) < 4.78 is 0. The molecular formula is C14H10N6. The van der Waals surface area contributed by atoms with Crippen LogP contribution in [-0.2, 0) is 0 Å². The van der Waals surface area contributed by atoms with Crippen LogP contribution in [0.5, 0.6) is 0 Å². The van der Waals surface area contributed by atoms with Crippen LogP contribution in [-0.4, -0.2) is 0 Å². The first-order valence-electron chi connectivity index (χ1n) is 5.74. The molecule has 0 aliphatic carbocycles. The molecule has 0 amide bonds. The molecule has 0 aliphatic heterocycles. The minimum absolute atomic E-state index is 0.688. The second-order valence-electron chi connectivity index (χ2n) is 3.77. The molecule has 0 heterocycles. The van der Waals surface area contributed by atoms with Crippen molar-refractivity contribution in [2.75, 3.05) is 10.6 Å². The molecule has 0 saturated carbocycles. The Labute approximate surface area is 116 Å². The lowest BCUT2D eigenvalue weighted by Gasteiger charge is -1.98. The highest BCUT2D eigenvalue weighted by Gasteiger charge is 1.94. The lowest BCUT2D eigenvalue weighted by Crippen LogP contribution is -1.85. The van der Waals surface area contributed by atoms with E-state index in [4.69, 9.17) is 10.5 Å². The minimum atomic E-state index is 0.688. The number of hydrogen-bond donors (Lipinski definition) is 2. The third-order valence-electron chi connectivity index (χ3n) is 2.42. The fraction of sp³-hybridized carbons (Fsp3) is 0. The number of azo groups is 1. The molecule has 0 fully saturated rings. The van der Waals surface area contributed by atoms with E-state index < -0.39 is 0 Å². The van der Waals surface area contributed by atoms with Crippen LogP contribution >= 0.6 is 0 Å². The maximum absolute atomic E-state index is 8.47. The Hall–Kier alpha value is -3.38. The van der Waals surface area contributed by atoms with E-state index in [0.717, 1.165) is 0 Å². The monoisotopic (exact) mass is 262 g/mol. The Bertz CT molecular complexity index is 612. The van der Waals surface area contributed by atoms with Gasteiger partial charge in [-0.25, -0.2) is 0 Å². The van der Waals surface area contributed by atoms with Gasteiger partial charge in [0.1, 0.15) is 0 Å². The number of rotatable bonds is 4. The Kier molecular flexibility index (Phi) is 4.26. The highest BCUT2D eigenvalue weighted by molar-refractivity contribution is 5.54. The van der Waals surface area contributed by atoms with E-state index in [9.17, 15) is 0 Å². The second-order valence-corrected chi connectivity index (χ2v) is 3.77. The average Bonchev–Trinajstić information content (AvgIpc) is 2.49. The summed E-state index contributed by atoms with van der Waals surface area (Å²) in [6.45, 7) is 0. The molecule has 2 rings (SSSR count). The molecule has 0 bridgehead atoms. The predicted octanol–water partition coefficient (Wildman–Crippen LogP) is 3.89. The minimum Gasteiger partial charge on any atom is -0.293 e. The van der Waals surface area contributed by atoms with Crippen LogP contribution in [0.4, 0.5) is 22.7 Å². The summed E-state index contributed by atoms with van der Waals surface area (Å²) in [4.78, 5) is 0. The third kappa shape index (κ3) is 3.56. The zero-order valence-corrected chi connectivity index (χ0v) is 10.4. The highest BCUT2D eigenvalue weighted by Crippen LogP contribution is 2.21. The van der Waals surface area contributed by atoms with Crippen molar-refractivity contribution in [3.8, 4) is 12.4 Å². The van der Waals surface area contributed by atoms with Gasteiger partial charge < -0.3 is 0 Å². The lowest BCUT2D eigenvalue weighted by molar-refractivity contribution is 1.23. The zero-order valence-electron chi connectivity index (χ0n) is 10.4. The molecule has 6 nitrogen and oxygen atoms in total. The quantitative estimate of drug-likeness (QED) is 0.496. The van der Waals surface area contributed by atoms with Crippen molar-refractivity contribution in [2.24, 2.45) is 10.2 Å². The molecule has 0 atom stereocenters. The van der Waals surface area contributed by atoms with Crippen molar-refractivity contribution in [1.29, 1.82) is 10.5 Å². The summed E-state index contributed by atoms with van der Waals surface area (Å²) in [5.74, 6) is 0. The average molecular weight is 262 g/mol. The molecule has 0 spiro atoms. The van der Waals surface area contributed by atoms with Crippen molar-refractivity contribution >= 4 is 22.7 Å². The zero-order chi connectivity index (χ0) is 14.2. The Morgan fingerprint density at radius 3 is 1.30 bits per heavy atom. The van der Waals surface area contributed by atoms with Gasteiger partial charge in [0.15, 0.2) is 12.4 Å². The standard InChI is InChI=1S/C14H10N6/c15-9-17-11-1-5-13(6-2-11)19-20-14-7-3-12(4-8-14)18-10-16/h1-8,17-18H/b20-19+. The van der Waals surface area contributed by atoms with Crippen LogP contribution in [0, 0.1) is 22.9 Å². The summed E-state index contributed by atoms with van der Waals surface area (Å²) in [6.07, 6.45) is 3.69. The molecule has 0 aliphatic rings. The number of nitrogens with zero attached hydrogens (tertiary/aromatic N) is 4. The second kappa shape index (κ2) is 6.53. The number of nitriles is 2. The summed E-state index contributed by atoms with van der Waals surface area (Å²) in [5.41, 5.74) is 2.79. The van der Waals surface area contributed by atoms with Gasteiger partial charge in [-0.1, -0.05) is 0 Å². The molecule has 0 saturated heterocycles. The van der Waals surface area contributed by atoms with Crippen molar-refractivity contribution < 1.29 is 0 Å². The smallest absolute Gasteiger partial charge is 0.181 e. The molecule has 20 heavy (non-hydrogen) atoms. The summed E-state index contributed by atoms with van der Waals surface area (Å²) in [6, 6.07) is 14.0. The molecule has 0 aromatic heterocycles. The van der Waals surface area contributed by atoms with Gasteiger partial charge in [0, 0.05) is 11.4 Å². The van der Waals surface area contributed by atoms with Crippen LogP contribution in [0.1, 0.15) is 0 Å². The predicted molar refractivity (Wildman–Crippen MR) is 75.5 cm³/mol. The Balaban J connectivity index is 2.05. The fourth-order valence-electron chi connectivity index (χ4n) is 1.47. The SMILES string of the molecule is N#CNc1ccc(/N=N/c2ccc(NC#N)cc2)cc1. The number of benzene rings is 2. The first-order valence-corrected chi connectivity index (χ1v) is 5.74. The molecule has 2 N–H and O–H groups in total. The van der Waals surface area contributed by atoms with Gasteiger partial charge in [-0.3, -0.25) is 10.6 Å². The summed E-state index contributed by atoms with van der Waals surface area (Å²) >= 11 is 0. The molecule has 96 valence electrons. The van der Waals surface area contributed by atoms with Gasteiger partial charge >= 0.3 is 0 Å². The molecule has 2 aromatic carbocycles. The van der Waals surface area contributed by atoms with Crippen LogP contribution in [0.15, 0.2) is 58.8 Å². The van der Waals surface area contributed by atoms with Crippen LogP contribution in [0.3, 0.4) is 0 Å². The normalized spacial score (nSPS) is 9.70. The van der Waals surface area contributed by atoms with Crippen LogP contribution < -0.4 is 10.6 Å². The van der Waals surface area contributed by atoms with Gasteiger partial charge in [-0.2, -0.15) is 20.8 Å². The molecule has 0 radical (unpaired) electrons. The van der Waals surface area contributed by atoms with E-state index in [-0.39, 0.29) is 0 Å². The number of anilines is 2. The number of nitrogens with one attached hydrogen (secondary N) is 2. The van der Waals surface area contributed by atoms with Crippen molar-refractivity contribution in [1.82, 2.24) is 0 Å². The highest BCUT2D eigenvalue weighted by atomic mass is 15.1. The lowest BCUT2D eigenvalue weighted by atomic mass is 10.3. The van der Waals surface area contributed by atoms with Gasteiger partial charge in [-0.15, -0.1) is 0 Å². The van der Waals surface area contributed by atoms with E-state index in [0.29, 0.717) is 22.7 Å². The number of hydrogen-bond acceptors (Lipinski definition) is 6. The maximum atomic E-state index is 8.47. The van der Waals surface area contributed by atoms with E-state index in [1.165, 1.54) is 0 Å². The third-order valence-corrected chi connectivity index (χ3v) is 2.42. The van der Waals surface area contributed by atoms with Gasteiger partial charge in [0.2, 0.25) is 0 Å². The molecule has 6 heteroatoms. The van der Waals surface area contributed by atoms with Crippen LogP contribution in [0.25, 0.3) is 0 Å². The van der Waals surface area contributed by atoms with Crippen LogP contribution in [0.2, 0.25) is 0 Å². The van der Waals surface area contributed by atoms with Crippen molar-refractivity contribution in [2.45, 2.75) is 0 Å². The fourth-order valence-corrected chi connectivity index (χ4v) is 1.47. The maximum Gasteiger partial charge on any atom is 0.181 e. The van der Waals surface area contributed by atoms with Gasteiger partial charge in [0.25, 0.3) is 0 Å². The molecule has 0 unspecified atom stereocenters. The van der Waals surface area contributed by atoms with E-state index >= 15 is 0 Å². The van der Waals surface area contributed by atoms with Gasteiger partial charge in [-0.05, 0) is 48.5 Å². The van der Waals surface area contributed by atoms with E-state index in [2.05, 4.69) is 20.9 Å². The topological polar surface area (TPSA) is 96.4 Å². The first-order chi connectivity index (χ1) is 9.81. The largest absolute Gasteiger partial charge is 0.293 e. The van der Waals surface area contributed by atoms with Crippen molar-refractivity contribution in [3.05, 3.63) is 48.5 Å². The van der Waals surface area contributed by atoms with Gasteiger partial charge in [0.05, 0.1) is 11.4 Å². The summed E-state index contributed by atoms with van der Waals surface area (Å²) in [7, 11) is 0. The van der Waals surface area contributed by atoms with E-state index in [1.54, 1.807) is 48.5 Å². The molecule has 2 aromatic rings. The Morgan fingerprint density at radius 1 is 0.650 bits per heavy atom. The Morgan fingerprint density at radius 2 is 1.00 bits per heavy atom. The molecular weight excluding hydrogens is 252 g/mol. The first kappa shape index (κ1) is 13.1.